The van der Waals surface area contributed by atoms with Crippen LogP contribution in [-0.4, -0.2) is 51.0 Å². The van der Waals surface area contributed by atoms with Gasteiger partial charge in [-0.2, -0.15) is 5.10 Å². The minimum absolute atomic E-state index is 0.207. The Labute approximate surface area is 200 Å². The standard InChI is InChI=1S/C25H22N6O4/c32-22-7-6-21(23(33)28-22)30-14-16-12-17(2-4-19(16)24(30)34)27-25(35)29-11-8-15-13-18(3-5-20(15)29)31-10-1-9-26-31/h1-5,9-10,12-13,21H,6-8,11,14H2,(H,27,35)(H,28,32,33). The molecule has 0 radical (unpaired) electrons. The van der Waals surface area contributed by atoms with Gasteiger partial charge in [0.2, 0.25) is 11.8 Å². The number of anilines is 2. The van der Waals surface area contributed by atoms with Gasteiger partial charge < -0.3 is 10.2 Å². The van der Waals surface area contributed by atoms with E-state index in [1.54, 1.807) is 34.0 Å². The minimum atomic E-state index is -0.668. The molecule has 176 valence electrons. The van der Waals surface area contributed by atoms with E-state index in [0.717, 1.165) is 28.9 Å². The zero-order valence-electron chi connectivity index (χ0n) is 18.7. The number of piperidine rings is 1. The molecule has 3 aromatic rings. The number of hydrogen-bond acceptors (Lipinski definition) is 5. The first kappa shape index (κ1) is 21.1. The first-order chi connectivity index (χ1) is 17.0. The van der Waals surface area contributed by atoms with Crippen molar-refractivity contribution in [3.05, 3.63) is 71.5 Å². The second-order valence-corrected chi connectivity index (χ2v) is 8.87. The number of hydrogen-bond donors (Lipinski definition) is 2. The topological polar surface area (TPSA) is 117 Å². The highest BCUT2D eigenvalue weighted by atomic mass is 16.2. The second kappa shape index (κ2) is 8.08. The molecule has 1 fully saturated rings. The van der Waals surface area contributed by atoms with Gasteiger partial charge in [-0.1, -0.05) is 0 Å². The molecule has 1 aromatic heterocycles. The number of nitrogens with one attached hydrogen (secondary N) is 2. The number of carbonyl (C=O) groups is 4. The van der Waals surface area contributed by atoms with Crippen molar-refractivity contribution in [3.63, 3.8) is 0 Å². The summed E-state index contributed by atoms with van der Waals surface area (Å²) >= 11 is 0. The van der Waals surface area contributed by atoms with Crippen molar-refractivity contribution in [1.82, 2.24) is 20.0 Å². The lowest BCUT2D eigenvalue weighted by molar-refractivity contribution is -0.136. The van der Waals surface area contributed by atoms with Gasteiger partial charge in [-0.25, -0.2) is 9.48 Å². The number of carbonyl (C=O) groups excluding carboxylic acids is 4. The molecule has 35 heavy (non-hydrogen) atoms. The fraction of sp³-hybridized carbons (Fsp3) is 0.240. The van der Waals surface area contributed by atoms with Crippen molar-refractivity contribution in [3.8, 4) is 5.69 Å². The minimum Gasteiger partial charge on any atom is -0.322 e. The summed E-state index contributed by atoms with van der Waals surface area (Å²) in [7, 11) is 0. The van der Waals surface area contributed by atoms with E-state index >= 15 is 0 Å². The van der Waals surface area contributed by atoms with Crippen LogP contribution in [0.1, 0.15) is 34.3 Å². The Morgan fingerprint density at radius 2 is 1.94 bits per heavy atom. The number of imide groups is 1. The molecule has 6 rings (SSSR count). The summed E-state index contributed by atoms with van der Waals surface area (Å²) in [6.45, 7) is 0.823. The number of fused-ring (bicyclic) bond motifs is 2. The highest BCUT2D eigenvalue weighted by Gasteiger charge is 2.39. The summed E-state index contributed by atoms with van der Waals surface area (Å²) in [5.74, 6) is -1.00. The molecule has 0 aliphatic carbocycles. The molecule has 3 aliphatic rings. The fourth-order valence-corrected chi connectivity index (χ4v) is 5.01. The lowest BCUT2D eigenvalue weighted by Gasteiger charge is -2.29. The third-order valence-electron chi connectivity index (χ3n) is 6.75. The second-order valence-electron chi connectivity index (χ2n) is 8.87. The van der Waals surface area contributed by atoms with Crippen LogP contribution in [0.4, 0.5) is 16.2 Å². The molecule has 10 heteroatoms. The average Bonchev–Trinajstić information content (AvgIpc) is 3.58. The van der Waals surface area contributed by atoms with Crippen LogP contribution in [0.3, 0.4) is 0 Å². The molecule has 0 saturated carbocycles. The highest BCUT2D eigenvalue weighted by Crippen LogP contribution is 2.32. The number of benzene rings is 2. The summed E-state index contributed by atoms with van der Waals surface area (Å²) in [5, 5.41) is 9.50. The van der Waals surface area contributed by atoms with Gasteiger partial charge in [-0.3, -0.25) is 24.6 Å². The first-order valence-electron chi connectivity index (χ1n) is 11.5. The number of rotatable bonds is 3. The molecule has 1 atom stereocenters. The Bertz CT molecular complexity index is 1380. The summed E-state index contributed by atoms with van der Waals surface area (Å²) < 4.78 is 1.78. The lowest BCUT2D eigenvalue weighted by Crippen LogP contribution is -2.52. The van der Waals surface area contributed by atoms with Crippen LogP contribution in [0.25, 0.3) is 5.69 Å². The average molecular weight is 470 g/mol. The van der Waals surface area contributed by atoms with Gasteiger partial charge in [0.25, 0.3) is 5.91 Å². The van der Waals surface area contributed by atoms with Gasteiger partial charge in [0.1, 0.15) is 6.04 Å². The van der Waals surface area contributed by atoms with Crippen LogP contribution in [0.2, 0.25) is 0 Å². The zero-order chi connectivity index (χ0) is 24.1. The molecule has 2 N–H and O–H groups in total. The monoisotopic (exact) mass is 470 g/mol. The van der Waals surface area contributed by atoms with E-state index in [1.807, 2.05) is 30.5 Å². The van der Waals surface area contributed by atoms with Crippen molar-refractivity contribution in [2.75, 3.05) is 16.8 Å². The third-order valence-corrected chi connectivity index (χ3v) is 6.75. The van der Waals surface area contributed by atoms with Gasteiger partial charge in [0.15, 0.2) is 0 Å². The van der Waals surface area contributed by atoms with Crippen molar-refractivity contribution < 1.29 is 19.2 Å². The van der Waals surface area contributed by atoms with Gasteiger partial charge in [-0.15, -0.1) is 0 Å². The SMILES string of the molecule is O=C1CCC(N2Cc3cc(NC(=O)N4CCc5cc(-n6cccn6)ccc54)ccc3C2=O)C(=O)N1. The Kier molecular flexibility index (Phi) is 4.87. The number of nitrogens with zero attached hydrogens (tertiary/aromatic N) is 4. The van der Waals surface area contributed by atoms with E-state index in [4.69, 9.17) is 0 Å². The van der Waals surface area contributed by atoms with Crippen molar-refractivity contribution in [2.45, 2.75) is 31.8 Å². The molecule has 4 heterocycles. The van der Waals surface area contributed by atoms with E-state index in [0.29, 0.717) is 24.2 Å². The molecule has 1 unspecified atom stereocenters. The van der Waals surface area contributed by atoms with Crippen molar-refractivity contribution in [2.24, 2.45) is 0 Å². The van der Waals surface area contributed by atoms with Crippen molar-refractivity contribution in [1.29, 1.82) is 0 Å². The van der Waals surface area contributed by atoms with E-state index in [1.165, 1.54) is 4.90 Å². The summed E-state index contributed by atoms with van der Waals surface area (Å²) in [6, 6.07) is 12.0. The van der Waals surface area contributed by atoms with Crippen LogP contribution in [0, 0.1) is 0 Å². The summed E-state index contributed by atoms with van der Waals surface area (Å²) in [5.41, 5.74) is 4.70. The lowest BCUT2D eigenvalue weighted by atomic mass is 10.0. The van der Waals surface area contributed by atoms with E-state index in [9.17, 15) is 19.2 Å². The Morgan fingerprint density at radius 1 is 1.06 bits per heavy atom. The highest BCUT2D eigenvalue weighted by molar-refractivity contribution is 6.06. The molecule has 2 aromatic carbocycles. The van der Waals surface area contributed by atoms with Gasteiger partial charge in [0.05, 0.1) is 5.69 Å². The largest absolute Gasteiger partial charge is 0.326 e. The molecule has 0 bridgehead atoms. The summed E-state index contributed by atoms with van der Waals surface area (Å²) in [4.78, 5) is 52.8. The molecular formula is C25H22N6O4. The Hall–Kier alpha value is -4.47. The predicted octanol–water partition coefficient (Wildman–Crippen LogP) is 2.23. The zero-order valence-corrected chi connectivity index (χ0v) is 18.7. The van der Waals surface area contributed by atoms with Crippen LogP contribution in [-0.2, 0) is 22.6 Å². The molecule has 0 spiro atoms. The molecule has 1 saturated heterocycles. The molecular weight excluding hydrogens is 448 g/mol. The van der Waals surface area contributed by atoms with E-state index in [2.05, 4.69) is 15.7 Å². The quantitative estimate of drug-likeness (QED) is 0.570. The first-order valence-corrected chi connectivity index (χ1v) is 11.5. The molecule has 10 nitrogen and oxygen atoms in total. The Morgan fingerprint density at radius 3 is 2.74 bits per heavy atom. The van der Waals surface area contributed by atoms with E-state index in [-0.39, 0.29) is 30.8 Å². The van der Waals surface area contributed by atoms with Crippen LogP contribution >= 0.6 is 0 Å². The maximum Gasteiger partial charge on any atom is 0.326 e. The summed E-state index contributed by atoms with van der Waals surface area (Å²) in [6.07, 6.45) is 4.86. The fourth-order valence-electron chi connectivity index (χ4n) is 5.01. The number of amides is 5. The molecule has 5 amide bonds. The molecule has 3 aliphatic heterocycles. The van der Waals surface area contributed by atoms with E-state index < -0.39 is 11.9 Å². The van der Waals surface area contributed by atoms with Gasteiger partial charge in [-0.05, 0) is 66.4 Å². The Balaban J connectivity index is 1.17. The maximum atomic E-state index is 13.1. The predicted molar refractivity (Wildman–Crippen MR) is 126 cm³/mol. The number of aromatic nitrogens is 2. The van der Waals surface area contributed by atoms with Gasteiger partial charge >= 0.3 is 6.03 Å². The van der Waals surface area contributed by atoms with Crippen LogP contribution in [0.15, 0.2) is 54.9 Å². The maximum absolute atomic E-state index is 13.1. The van der Waals surface area contributed by atoms with Crippen LogP contribution < -0.4 is 15.5 Å². The van der Waals surface area contributed by atoms with Crippen molar-refractivity contribution >= 4 is 35.1 Å². The van der Waals surface area contributed by atoms with Crippen LogP contribution in [0.5, 0.6) is 0 Å². The van der Waals surface area contributed by atoms with Gasteiger partial charge in [0, 0.05) is 48.8 Å². The number of urea groups is 1. The smallest absolute Gasteiger partial charge is 0.322 e. The third kappa shape index (κ3) is 3.63. The normalized spacial score (nSPS) is 19.0.